The van der Waals surface area contributed by atoms with Crippen LogP contribution in [0.15, 0.2) is 48.9 Å². The first-order valence-corrected chi connectivity index (χ1v) is 11.8. The topological polar surface area (TPSA) is 77.4 Å². The molecule has 1 aromatic carbocycles. The highest BCUT2D eigenvalue weighted by Crippen LogP contribution is 2.41. The summed E-state index contributed by atoms with van der Waals surface area (Å²) in [6.07, 6.45) is 1.13. The highest BCUT2D eigenvalue weighted by Gasteiger charge is 2.45. The zero-order valence-electron chi connectivity index (χ0n) is 19.2. The van der Waals surface area contributed by atoms with E-state index in [0.29, 0.717) is 48.3 Å². The summed E-state index contributed by atoms with van der Waals surface area (Å²) in [5.74, 6) is 0.643. The molecule has 3 unspecified atom stereocenters. The number of methoxy groups -OCH3 is 1. The number of hydrogen-bond donors (Lipinski definition) is 0. The summed E-state index contributed by atoms with van der Waals surface area (Å²) < 4.78 is 50.5. The molecule has 2 saturated heterocycles. The summed E-state index contributed by atoms with van der Waals surface area (Å²) in [4.78, 5) is 28.1. The first-order chi connectivity index (χ1) is 17.3. The number of benzene rings is 1. The van der Waals surface area contributed by atoms with Crippen molar-refractivity contribution in [3.05, 3.63) is 65.1 Å². The normalized spacial score (nSPS) is 21.4. The highest BCUT2D eigenvalue weighted by molar-refractivity contribution is 6.31. The third kappa shape index (κ3) is 4.57. The van der Waals surface area contributed by atoms with Crippen LogP contribution in [0.25, 0.3) is 11.4 Å². The summed E-state index contributed by atoms with van der Waals surface area (Å²) in [6.45, 7) is 0.532. The average Bonchev–Trinajstić information content (AvgIpc) is 2.89. The number of hydrogen-bond acceptors (Lipinski definition) is 6. The molecule has 1 aliphatic carbocycles. The molecule has 1 amide bonds. The number of alkyl halides is 3. The molecule has 2 aliphatic heterocycles. The van der Waals surface area contributed by atoms with Gasteiger partial charge in [0.25, 0.3) is 5.91 Å². The maximum Gasteiger partial charge on any atom is 0.417 e. The van der Waals surface area contributed by atoms with E-state index in [1.807, 2.05) is 0 Å². The van der Waals surface area contributed by atoms with E-state index in [1.54, 1.807) is 41.6 Å². The maximum absolute atomic E-state index is 14.0. The van der Waals surface area contributed by atoms with Crippen molar-refractivity contribution in [1.82, 2.24) is 19.9 Å². The average molecular weight is 519 g/mol. The summed E-state index contributed by atoms with van der Waals surface area (Å²) in [5, 5.41) is -0.225. The fourth-order valence-electron chi connectivity index (χ4n) is 4.99. The van der Waals surface area contributed by atoms with Crippen LogP contribution in [-0.4, -0.2) is 51.6 Å². The number of fused-ring (bicyclic) bond motifs is 3. The molecule has 0 N–H and O–H groups in total. The molecule has 2 bridgehead atoms. The zero-order chi connectivity index (χ0) is 25.4. The van der Waals surface area contributed by atoms with Gasteiger partial charge in [0.15, 0.2) is 5.82 Å². The number of piperidine rings is 2. The van der Waals surface area contributed by atoms with E-state index in [0.717, 1.165) is 12.5 Å². The second kappa shape index (κ2) is 9.57. The van der Waals surface area contributed by atoms with Gasteiger partial charge in [-0.3, -0.25) is 4.79 Å². The molecule has 1 saturated carbocycles. The Morgan fingerprint density at radius 1 is 1.14 bits per heavy atom. The Morgan fingerprint density at radius 2 is 1.92 bits per heavy atom. The van der Waals surface area contributed by atoms with Gasteiger partial charge in [0.05, 0.1) is 24.3 Å². The molecule has 188 valence electrons. The summed E-state index contributed by atoms with van der Waals surface area (Å²) in [6, 6.07) is 7.44. The number of halogens is 4. The van der Waals surface area contributed by atoms with Crippen LogP contribution in [0.5, 0.6) is 11.6 Å². The second-order valence-electron chi connectivity index (χ2n) is 8.82. The SMILES string of the molecule is COc1cccc(-c2ncccn2)c1C(=O)N1CC2CCC1C(Oc1ncc(C(F)(F)F)cc1Cl)C2. The summed E-state index contributed by atoms with van der Waals surface area (Å²) >= 11 is 6.08. The second-order valence-corrected chi connectivity index (χ2v) is 9.23. The van der Waals surface area contributed by atoms with E-state index in [2.05, 4.69) is 15.0 Å². The first kappa shape index (κ1) is 24.3. The Hall–Kier alpha value is -3.40. The lowest BCUT2D eigenvalue weighted by molar-refractivity contribution is -0.137. The highest BCUT2D eigenvalue weighted by atomic mass is 35.5. The van der Waals surface area contributed by atoms with E-state index in [9.17, 15) is 18.0 Å². The van der Waals surface area contributed by atoms with Gasteiger partial charge in [0.2, 0.25) is 5.88 Å². The minimum Gasteiger partial charge on any atom is -0.496 e. The molecule has 0 spiro atoms. The van der Waals surface area contributed by atoms with Crippen molar-refractivity contribution in [1.29, 1.82) is 0 Å². The number of nitrogens with zero attached hydrogens (tertiary/aromatic N) is 4. The Bertz CT molecular complexity index is 1280. The van der Waals surface area contributed by atoms with Crippen LogP contribution in [0, 0.1) is 5.92 Å². The molecule has 3 aromatic rings. The Labute approximate surface area is 210 Å². The molecule has 4 heterocycles. The monoisotopic (exact) mass is 518 g/mol. The number of carbonyl (C=O) groups is 1. The molecule has 3 fully saturated rings. The number of pyridine rings is 1. The summed E-state index contributed by atoms with van der Waals surface area (Å²) in [5.41, 5.74) is -0.0526. The number of carbonyl (C=O) groups excluding carboxylic acids is 1. The van der Waals surface area contributed by atoms with E-state index in [1.165, 1.54) is 7.11 Å². The molecule has 0 radical (unpaired) electrons. The molecule has 7 nitrogen and oxygen atoms in total. The smallest absolute Gasteiger partial charge is 0.417 e. The van der Waals surface area contributed by atoms with Crippen LogP contribution in [0.1, 0.15) is 35.2 Å². The number of rotatable bonds is 5. The van der Waals surface area contributed by atoms with E-state index in [4.69, 9.17) is 21.1 Å². The van der Waals surface area contributed by atoms with Gasteiger partial charge in [0, 0.05) is 30.7 Å². The van der Waals surface area contributed by atoms with Crippen molar-refractivity contribution in [2.75, 3.05) is 13.7 Å². The van der Waals surface area contributed by atoms with Crippen LogP contribution in [0.2, 0.25) is 5.02 Å². The lowest BCUT2D eigenvalue weighted by Crippen LogP contribution is -2.59. The van der Waals surface area contributed by atoms with Crippen molar-refractivity contribution >= 4 is 17.5 Å². The van der Waals surface area contributed by atoms with Gasteiger partial charge in [-0.2, -0.15) is 13.2 Å². The third-order valence-corrected chi connectivity index (χ3v) is 6.92. The van der Waals surface area contributed by atoms with Gasteiger partial charge < -0.3 is 14.4 Å². The van der Waals surface area contributed by atoms with Crippen LogP contribution in [0.3, 0.4) is 0 Å². The van der Waals surface area contributed by atoms with E-state index < -0.39 is 17.8 Å². The van der Waals surface area contributed by atoms with Gasteiger partial charge >= 0.3 is 6.18 Å². The summed E-state index contributed by atoms with van der Waals surface area (Å²) in [7, 11) is 1.49. The zero-order valence-corrected chi connectivity index (χ0v) is 20.0. The number of amides is 1. The largest absolute Gasteiger partial charge is 0.496 e. The fourth-order valence-corrected chi connectivity index (χ4v) is 5.20. The Balaban J connectivity index is 1.45. The fraction of sp³-hybridized carbons (Fsp3) is 0.360. The predicted molar refractivity (Wildman–Crippen MR) is 125 cm³/mol. The van der Waals surface area contributed by atoms with Crippen molar-refractivity contribution < 1.29 is 27.4 Å². The van der Waals surface area contributed by atoms with Crippen molar-refractivity contribution in [3.63, 3.8) is 0 Å². The number of aromatic nitrogens is 3. The Morgan fingerprint density at radius 3 is 2.58 bits per heavy atom. The van der Waals surface area contributed by atoms with E-state index in [-0.39, 0.29) is 28.8 Å². The first-order valence-electron chi connectivity index (χ1n) is 11.4. The molecule has 2 aromatic heterocycles. The van der Waals surface area contributed by atoms with Gasteiger partial charge in [-0.25, -0.2) is 15.0 Å². The molecular weight excluding hydrogens is 497 g/mol. The lowest BCUT2D eigenvalue weighted by atomic mass is 9.77. The van der Waals surface area contributed by atoms with Gasteiger partial charge in [-0.1, -0.05) is 23.7 Å². The van der Waals surface area contributed by atoms with Crippen LogP contribution < -0.4 is 9.47 Å². The standard InChI is InChI=1S/C25H22ClF3N4O3/c1-35-19-5-2-4-16(22-30-8-3-9-31-22)21(19)24(34)33-13-14-6-7-18(33)20(10-14)36-23-17(26)11-15(12-32-23)25(27,28)29/h2-5,8-9,11-12,14,18,20H,6-7,10,13H2,1H3. The lowest BCUT2D eigenvalue weighted by Gasteiger charge is -2.49. The molecule has 3 aliphatic rings. The molecule has 6 rings (SSSR count). The molecule has 11 heteroatoms. The molecular formula is C25H22ClF3N4O3. The molecule has 3 atom stereocenters. The van der Waals surface area contributed by atoms with Gasteiger partial charge in [-0.15, -0.1) is 0 Å². The quantitative estimate of drug-likeness (QED) is 0.456. The van der Waals surface area contributed by atoms with E-state index >= 15 is 0 Å². The van der Waals surface area contributed by atoms with Gasteiger partial charge in [0.1, 0.15) is 16.9 Å². The minimum atomic E-state index is -4.56. The minimum absolute atomic E-state index is 0.0784. The van der Waals surface area contributed by atoms with Crippen molar-refractivity contribution in [2.24, 2.45) is 5.92 Å². The van der Waals surface area contributed by atoms with Gasteiger partial charge in [-0.05, 0) is 43.4 Å². The maximum atomic E-state index is 14.0. The molecule has 36 heavy (non-hydrogen) atoms. The third-order valence-electron chi connectivity index (χ3n) is 6.65. The Kier molecular flexibility index (Phi) is 6.46. The predicted octanol–water partition coefficient (Wildman–Crippen LogP) is 5.29. The van der Waals surface area contributed by atoms with Crippen molar-refractivity contribution in [2.45, 2.75) is 37.6 Å². The van der Waals surface area contributed by atoms with Crippen LogP contribution in [-0.2, 0) is 6.18 Å². The van der Waals surface area contributed by atoms with Crippen molar-refractivity contribution in [3.8, 4) is 23.0 Å². The van der Waals surface area contributed by atoms with Crippen LogP contribution >= 0.6 is 11.6 Å². The van der Waals surface area contributed by atoms with Crippen LogP contribution in [0.4, 0.5) is 13.2 Å². The number of ether oxygens (including phenoxy) is 2.